The number of hydrogen-bond acceptors (Lipinski definition) is 5. The lowest BCUT2D eigenvalue weighted by Gasteiger charge is -2.07. The second kappa shape index (κ2) is 5.70. The third-order valence-corrected chi connectivity index (χ3v) is 5.37. The fraction of sp³-hybridized carbons (Fsp3) is 0.167. The van der Waals surface area contributed by atoms with Gasteiger partial charge in [0.05, 0.1) is 10.7 Å². The number of rotatable bonds is 4. The Bertz CT molecular complexity index is 724. The van der Waals surface area contributed by atoms with Crippen LogP contribution in [0.15, 0.2) is 34.5 Å². The van der Waals surface area contributed by atoms with Gasteiger partial charge in [-0.05, 0) is 26.0 Å². The number of carbonyl (C=O) groups is 1. The van der Waals surface area contributed by atoms with Gasteiger partial charge < -0.3 is 0 Å². The summed E-state index contributed by atoms with van der Waals surface area (Å²) in [5.74, 6) is -0.520. The normalized spacial score (nSPS) is 11.3. The van der Waals surface area contributed by atoms with Gasteiger partial charge in [-0.15, -0.1) is 16.2 Å². The quantitative estimate of drug-likeness (QED) is 0.835. The summed E-state index contributed by atoms with van der Waals surface area (Å²) in [6, 6.07) is 8.34. The second-order valence-corrected chi connectivity index (χ2v) is 7.11. The summed E-state index contributed by atoms with van der Waals surface area (Å²) in [6.45, 7) is 3.33. The van der Waals surface area contributed by atoms with E-state index in [4.69, 9.17) is 0 Å². The number of aryl methyl sites for hydroxylation is 2. The first-order valence-corrected chi connectivity index (χ1v) is 8.01. The molecular formula is C12H13N3O3S2. The lowest BCUT2D eigenvalue weighted by molar-refractivity contribution is 0.0945. The van der Waals surface area contributed by atoms with Crippen molar-refractivity contribution in [3.8, 4) is 0 Å². The maximum Gasteiger partial charge on any atom is 0.268 e. The van der Waals surface area contributed by atoms with E-state index in [1.807, 2.05) is 0 Å². The van der Waals surface area contributed by atoms with Gasteiger partial charge in [0.2, 0.25) is 0 Å². The summed E-state index contributed by atoms with van der Waals surface area (Å²) >= 11 is 1.06. The van der Waals surface area contributed by atoms with E-state index in [9.17, 15) is 13.2 Å². The van der Waals surface area contributed by atoms with Crippen LogP contribution in [0.1, 0.15) is 21.1 Å². The molecule has 0 atom stereocenters. The first-order chi connectivity index (χ1) is 9.40. The lowest BCUT2D eigenvalue weighted by Crippen LogP contribution is -2.41. The van der Waals surface area contributed by atoms with Crippen LogP contribution >= 0.6 is 11.3 Å². The summed E-state index contributed by atoms with van der Waals surface area (Å²) in [6.07, 6.45) is 0. The molecule has 8 heteroatoms. The molecule has 0 aliphatic rings. The highest BCUT2D eigenvalue weighted by Gasteiger charge is 2.21. The SMILES string of the molecule is Cc1nc(C)c(S(=O)(=O)NNC(=O)c2ccccc2)s1. The number of aromatic nitrogens is 1. The van der Waals surface area contributed by atoms with Crippen LogP contribution in [0.4, 0.5) is 0 Å². The zero-order valence-corrected chi connectivity index (χ0v) is 12.5. The van der Waals surface area contributed by atoms with Gasteiger partial charge in [0.25, 0.3) is 15.9 Å². The van der Waals surface area contributed by atoms with E-state index in [1.54, 1.807) is 44.2 Å². The smallest absolute Gasteiger partial charge is 0.268 e. The predicted molar refractivity (Wildman–Crippen MR) is 75.8 cm³/mol. The van der Waals surface area contributed by atoms with Crippen molar-refractivity contribution in [1.82, 2.24) is 15.2 Å². The van der Waals surface area contributed by atoms with E-state index in [-0.39, 0.29) is 4.21 Å². The molecule has 1 aromatic carbocycles. The van der Waals surface area contributed by atoms with Gasteiger partial charge in [0.15, 0.2) is 4.21 Å². The van der Waals surface area contributed by atoms with Crippen LogP contribution in [0.5, 0.6) is 0 Å². The Balaban J connectivity index is 2.11. The van der Waals surface area contributed by atoms with E-state index >= 15 is 0 Å². The third-order valence-electron chi connectivity index (χ3n) is 2.44. The molecule has 1 amide bonds. The predicted octanol–water partition coefficient (Wildman–Crippen LogP) is 1.38. The molecule has 1 heterocycles. The number of thiazole rings is 1. The number of hydrogen-bond donors (Lipinski definition) is 2. The number of benzene rings is 1. The van der Waals surface area contributed by atoms with Crippen LogP contribution in [-0.2, 0) is 10.0 Å². The molecule has 0 aliphatic carbocycles. The Morgan fingerprint density at radius 2 is 1.85 bits per heavy atom. The summed E-state index contributed by atoms with van der Waals surface area (Å²) in [5, 5.41) is 0.650. The van der Waals surface area contributed by atoms with Gasteiger partial charge in [0, 0.05) is 5.56 Å². The van der Waals surface area contributed by atoms with Crippen molar-refractivity contribution < 1.29 is 13.2 Å². The second-order valence-electron chi connectivity index (χ2n) is 4.03. The van der Waals surface area contributed by atoms with Crippen molar-refractivity contribution >= 4 is 27.3 Å². The maximum atomic E-state index is 12.0. The van der Waals surface area contributed by atoms with E-state index in [0.29, 0.717) is 16.3 Å². The van der Waals surface area contributed by atoms with Crippen LogP contribution in [0, 0.1) is 13.8 Å². The fourth-order valence-electron chi connectivity index (χ4n) is 1.58. The van der Waals surface area contributed by atoms with Gasteiger partial charge >= 0.3 is 0 Å². The number of sulfonamides is 1. The monoisotopic (exact) mass is 311 g/mol. The van der Waals surface area contributed by atoms with Gasteiger partial charge in [-0.25, -0.2) is 13.4 Å². The summed E-state index contributed by atoms with van der Waals surface area (Å²) < 4.78 is 24.2. The average Bonchev–Trinajstić information content (AvgIpc) is 2.77. The summed E-state index contributed by atoms with van der Waals surface area (Å²) in [5.41, 5.74) is 2.96. The molecule has 106 valence electrons. The highest BCUT2D eigenvalue weighted by Crippen LogP contribution is 2.21. The molecule has 0 saturated heterocycles. The standard InChI is InChI=1S/C12H13N3O3S2/c1-8-12(19-9(2)13-8)20(17,18)15-14-11(16)10-6-4-3-5-7-10/h3-7,15H,1-2H3,(H,14,16). The van der Waals surface area contributed by atoms with Crippen LogP contribution in [0.25, 0.3) is 0 Å². The Morgan fingerprint density at radius 1 is 1.20 bits per heavy atom. The number of carbonyl (C=O) groups excluding carboxylic acids is 1. The van der Waals surface area contributed by atoms with Crippen LogP contribution < -0.4 is 10.3 Å². The van der Waals surface area contributed by atoms with Crippen LogP contribution in [-0.4, -0.2) is 19.3 Å². The molecule has 20 heavy (non-hydrogen) atoms. The van der Waals surface area contributed by atoms with Crippen LogP contribution in [0.3, 0.4) is 0 Å². The number of nitrogens with one attached hydrogen (secondary N) is 2. The Hall–Kier alpha value is -1.77. The van der Waals surface area contributed by atoms with Crippen molar-refractivity contribution in [3.63, 3.8) is 0 Å². The highest BCUT2D eigenvalue weighted by molar-refractivity contribution is 7.91. The molecule has 0 aliphatic heterocycles. The molecule has 2 aromatic rings. The van der Waals surface area contributed by atoms with E-state index in [1.165, 1.54) is 0 Å². The highest BCUT2D eigenvalue weighted by atomic mass is 32.2. The zero-order valence-electron chi connectivity index (χ0n) is 10.9. The van der Waals surface area contributed by atoms with Crippen molar-refractivity contribution in [3.05, 3.63) is 46.6 Å². The molecule has 0 bridgehead atoms. The van der Waals surface area contributed by atoms with Gasteiger partial charge in [-0.1, -0.05) is 18.2 Å². The molecule has 0 fully saturated rings. The third kappa shape index (κ3) is 3.21. The lowest BCUT2D eigenvalue weighted by atomic mass is 10.2. The molecular weight excluding hydrogens is 298 g/mol. The molecule has 2 rings (SSSR count). The minimum Gasteiger partial charge on any atom is -0.273 e. The molecule has 0 spiro atoms. The molecule has 0 radical (unpaired) electrons. The first-order valence-electron chi connectivity index (χ1n) is 5.71. The Labute approximate surface area is 120 Å². The van der Waals surface area contributed by atoms with Gasteiger partial charge in [-0.3, -0.25) is 10.2 Å². The molecule has 6 nitrogen and oxygen atoms in total. The molecule has 0 unspecified atom stereocenters. The number of hydrazine groups is 1. The minimum absolute atomic E-state index is 0.100. The van der Waals surface area contributed by atoms with Crippen molar-refractivity contribution in [2.24, 2.45) is 0 Å². The molecule has 2 N–H and O–H groups in total. The van der Waals surface area contributed by atoms with E-state index in [2.05, 4.69) is 15.2 Å². The van der Waals surface area contributed by atoms with Crippen molar-refractivity contribution in [1.29, 1.82) is 0 Å². The van der Waals surface area contributed by atoms with Crippen molar-refractivity contribution in [2.45, 2.75) is 18.1 Å². The minimum atomic E-state index is -3.80. The van der Waals surface area contributed by atoms with Gasteiger partial charge in [-0.2, -0.15) is 0 Å². The molecule has 0 saturated carbocycles. The topological polar surface area (TPSA) is 88.2 Å². The maximum absolute atomic E-state index is 12.0. The van der Waals surface area contributed by atoms with Crippen molar-refractivity contribution in [2.75, 3.05) is 0 Å². The number of nitrogens with zero attached hydrogens (tertiary/aromatic N) is 1. The van der Waals surface area contributed by atoms with E-state index in [0.717, 1.165) is 11.3 Å². The van der Waals surface area contributed by atoms with Gasteiger partial charge in [0.1, 0.15) is 0 Å². The first kappa shape index (κ1) is 14.6. The zero-order chi connectivity index (χ0) is 14.8. The Kier molecular flexibility index (Phi) is 4.17. The number of amides is 1. The largest absolute Gasteiger partial charge is 0.273 e. The average molecular weight is 311 g/mol. The van der Waals surface area contributed by atoms with E-state index < -0.39 is 15.9 Å². The summed E-state index contributed by atoms with van der Waals surface area (Å²) in [4.78, 5) is 17.9. The fourth-order valence-corrected chi connectivity index (χ4v) is 3.91. The van der Waals surface area contributed by atoms with Crippen LogP contribution in [0.2, 0.25) is 0 Å². The molecule has 1 aromatic heterocycles. The summed E-state index contributed by atoms with van der Waals surface area (Å²) in [7, 11) is -3.80. The Morgan fingerprint density at radius 3 is 2.40 bits per heavy atom.